The lowest BCUT2D eigenvalue weighted by atomic mass is 10.2. The van der Waals surface area contributed by atoms with Crippen LogP contribution in [0.1, 0.15) is 18.4 Å². The van der Waals surface area contributed by atoms with Crippen molar-refractivity contribution < 1.29 is 14.3 Å². The third kappa shape index (κ3) is 6.09. The second-order valence-corrected chi connectivity index (χ2v) is 7.03. The lowest BCUT2D eigenvalue weighted by molar-refractivity contribution is -0.134. The van der Waals surface area contributed by atoms with Crippen LogP contribution < -0.4 is 10.1 Å². The third-order valence-corrected chi connectivity index (χ3v) is 4.81. The largest absolute Gasteiger partial charge is 0.489 e. The molecular weight excluding hydrogens is 354 g/mol. The summed E-state index contributed by atoms with van der Waals surface area (Å²) in [5, 5.41) is 2.83. The van der Waals surface area contributed by atoms with Gasteiger partial charge in [0.1, 0.15) is 12.4 Å². The molecule has 28 heavy (non-hydrogen) atoms. The Morgan fingerprint density at radius 3 is 2.29 bits per heavy atom. The number of ether oxygens (including phenoxy) is 1. The highest BCUT2D eigenvalue weighted by atomic mass is 16.5. The van der Waals surface area contributed by atoms with E-state index in [1.807, 2.05) is 54.4 Å². The van der Waals surface area contributed by atoms with Crippen molar-refractivity contribution in [1.82, 2.24) is 9.80 Å². The molecule has 1 aliphatic rings. The number of nitrogens with zero attached hydrogens (tertiary/aromatic N) is 2. The van der Waals surface area contributed by atoms with Crippen molar-refractivity contribution in [1.29, 1.82) is 0 Å². The van der Waals surface area contributed by atoms with Crippen molar-refractivity contribution in [3.05, 3.63) is 60.2 Å². The summed E-state index contributed by atoms with van der Waals surface area (Å²) >= 11 is 0. The van der Waals surface area contributed by atoms with Crippen LogP contribution in [0.3, 0.4) is 0 Å². The molecule has 1 N–H and O–H groups in total. The number of carbonyl (C=O) groups excluding carboxylic acids is 2. The van der Waals surface area contributed by atoms with Crippen molar-refractivity contribution in [3.63, 3.8) is 0 Å². The van der Waals surface area contributed by atoms with Gasteiger partial charge in [-0.3, -0.25) is 9.59 Å². The van der Waals surface area contributed by atoms with E-state index in [-0.39, 0.29) is 24.7 Å². The summed E-state index contributed by atoms with van der Waals surface area (Å²) in [5.74, 6) is 0.639. The summed E-state index contributed by atoms with van der Waals surface area (Å²) in [4.78, 5) is 28.4. The van der Waals surface area contributed by atoms with E-state index in [9.17, 15) is 9.59 Å². The van der Waals surface area contributed by atoms with Gasteiger partial charge in [-0.2, -0.15) is 0 Å². The van der Waals surface area contributed by atoms with Crippen LogP contribution in [-0.2, 0) is 16.2 Å². The fraction of sp³-hybridized carbons (Fsp3) is 0.364. The van der Waals surface area contributed by atoms with Gasteiger partial charge in [-0.25, -0.2) is 0 Å². The molecule has 0 atom stereocenters. The van der Waals surface area contributed by atoms with Gasteiger partial charge < -0.3 is 19.9 Å². The van der Waals surface area contributed by atoms with Gasteiger partial charge in [0, 0.05) is 44.7 Å². The molecule has 6 nitrogen and oxygen atoms in total. The number of piperazine rings is 1. The minimum atomic E-state index is -0.152. The van der Waals surface area contributed by atoms with Crippen molar-refractivity contribution in [3.8, 4) is 5.75 Å². The second kappa shape index (κ2) is 9.90. The van der Waals surface area contributed by atoms with Crippen molar-refractivity contribution in [2.24, 2.45) is 0 Å². The number of amides is 2. The lowest BCUT2D eigenvalue weighted by Crippen LogP contribution is -2.47. The molecule has 0 radical (unpaired) electrons. The van der Waals surface area contributed by atoms with Gasteiger partial charge in [-0.15, -0.1) is 0 Å². The van der Waals surface area contributed by atoms with Crippen molar-refractivity contribution >= 4 is 17.5 Å². The van der Waals surface area contributed by atoms with E-state index in [1.165, 1.54) is 0 Å². The number of hydrogen-bond donors (Lipinski definition) is 1. The first-order chi connectivity index (χ1) is 13.6. The zero-order chi connectivity index (χ0) is 19.8. The molecule has 3 rings (SSSR count). The molecule has 1 fully saturated rings. The molecule has 0 aromatic heterocycles. The highest BCUT2D eigenvalue weighted by molar-refractivity contribution is 5.93. The standard InChI is InChI=1S/C22H27N3O3/c1-24-13-15-25(16-14-24)22(27)12-11-21(26)23-19-7-9-20(10-8-19)28-17-18-5-3-2-4-6-18/h2-10H,11-17H2,1H3,(H,23,26). The summed E-state index contributed by atoms with van der Waals surface area (Å²) < 4.78 is 5.74. The fourth-order valence-electron chi connectivity index (χ4n) is 3.03. The molecule has 0 bridgehead atoms. The first-order valence-electron chi connectivity index (χ1n) is 9.63. The number of benzene rings is 2. The molecular formula is C22H27N3O3. The predicted octanol–water partition coefficient (Wildman–Crippen LogP) is 2.76. The topological polar surface area (TPSA) is 61.9 Å². The van der Waals surface area contributed by atoms with Crippen LogP contribution >= 0.6 is 0 Å². The smallest absolute Gasteiger partial charge is 0.224 e. The Morgan fingerprint density at radius 1 is 0.929 bits per heavy atom. The van der Waals surface area contributed by atoms with Gasteiger partial charge >= 0.3 is 0 Å². The van der Waals surface area contributed by atoms with E-state index in [4.69, 9.17) is 4.74 Å². The summed E-state index contributed by atoms with van der Waals surface area (Å²) in [6, 6.07) is 17.2. The summed E-state index contributed by atoms with van der Waals surface area (Å²) in [7, 11) is 2.05. The van der Waals surface area contributed by atoms with E-state index >= 15 is 0 Å². The number of carbonyl (C=O) groups is 2. The number of nitrogens with one attached hydrogen (secondary N) is 1. The zero-order valence-electron chi connectivity index (χ0n) is 16.3. The molecule has 1 heterocycles. The summed E-state index contributed by atoms with van der Waals surface area (Å²) in [6.07, 6.45) is 0.436. The van der Waals surface area contributed by atoms with Crippen LogP contribution in [0, 0.1) is 0 Å². The van der Waals surface area contributed by atoms with Gasteiger partial charge in [0.25, 0.3) is 0 Å². The minimum absolute atomic E-state index is 0.0490. The van der Waals surface area contributed by atoms with E-state index in [2.05, 4.69) is 10.2 Å². The minimum Gasteiger partial charge on any atom is -0.489 e. The number of hydrogen-bond acceptors (Lipinski definition) is 4. The van der Waals surface area contributed by atoms with E-state index in [0.717, 1.165) is 37.5 Å². The van der Waals surface area contributed by atoms with Crippen molar-refractivity contribution in [2.45, 2.75) is 19.4 Å². The van der Waals surface area contributed by atoms with E-state index in [0.29, 0.717) is 12.3 Å². The molecule has 2 aromatic rings. The molecule has 0 spiro atoms. The molecule has 2 amide bonds. The second-order valence-electron chi connectivity index (χ2n) is 7.03. The lowest BCUT2D eigenvalue weighted by Gasteiger charge is -2.32. The highest BCUT2D eigenvalue weighted by Gasteiger charge is 2.19. The average Bonchev–Trinajstić information content (AvgIpc) is 2.73. The Hall–Kier alpha value is -2.86. The quantitative estimate of drug-likeness (QED) is 0.801. The maximum absolute atomic E-state index is 12.2. The summed E-state index contributed by atoms with van der Waals surface area (Å²) in [6.45, 7) is 3.75. The maximum atomic E-state index is 12.2. The first-order valence-corrected chi connectivity index (χ1v) is 9.63. The molecule has 0 aliphatic carbocycles. The molecule has 148 valence electrons. The van der Waals surface area contributed by atoms with Crippen LogP contribution in [0.2, 0.25) is 0 Å². The predicted molar refractivity (Wildman–Crippen MR) is 109 cm³/mol. The zero-order valence-corrected chi connectivity index (χ0v) is 16.3. The maximum Gasteiger partial charge on any atom is 0.224 e. The van der Waals surface area contributed by atoms with Crippen LogP contribution in [0.15, 0.2) is 54.6 Å². The average molecular weight is 381 g/mol. The Labute approximate surface area is 166 Å². The third-order valence-electron chi connectivity index (χ3n) is 4.81. The van der Waals surface area contributed by atoms with E-state index in [1.54, 1.807) is 12.1 Å². The molecule has 0 saturated carbocycles. The van der Waals surface area contributed by atoms with Crippen LogP contribution in [0.5, 0.6) is 5.75 Å². The fourth-order valence-corrected chi connectivity index (χ4v) is 3.03. The Bertz CT molecular complexity index is 769. The van der Waals surface area contributed by atoms with Crippen LogP contribution in [-0.4, -0.2) is 54.8 Å². The van der Waals surface area contributed by atoms with E-state index < -0.39 is 0 Å². The summed E-state index contributed by atoms with van der Waals surface area (Å²) in [5.41, 5.74) is 1.80. The number of rotatable bonds is 7. The molecule has 6 heteroatoms. The molecule has 1 aliphatic heterocycles. The monoisotopic (exact) mass is 381 g/mol. The Balaban J connectivity index is 1.39. The molecule has 0 unspecified atom stereocenters. The van der Waals surface area contributed by atoms with Gasteiger partial charge in [-0.05, 0) is 36.9 Å². The number of anilines is 1. The molecule has 1 saturated heterocycles. The van der Waals surface area contributed by atoms with Crippen molar-refractivity contribution in [2.75, 3.05) is 38.5 Å². The SMILES string of the molecule is CN1CCN(C(=O)CCC(=O)Nc2ccc(OCc3ccccc3)cc2)CC1. The highest BCUT2D eigenvalue weighted by Crippen LogP contribution is 2.17. The Morgan fingerprint density at radius 2 is 1.61 bits per heavy atom. The normalized spacial score (nSPS) is 14.5. The van der Waals surface area contributed by atoms with Gasteiger partial charge in [0.05, 0.1) is 0 Å². The van der Waals surface area contributed by atoms with Gasteiger partial charge in [0.2, 0.25) is 11.8 Å². The number of likely N-dealkylation sites (N-methyl/N-ethyl adjacent to an activating group) is 1. The van der Waals surface area contributed by atoms with Gasteiger partial charge in [0.15, 0.2) is 0 Å². The molecule has 2 aromatic carbocycles. The Kier molecular flexibility index (Phi) is 7.03. The van der Waals surface area contributed by atoms with Crippen LogP contribution in [0.25, 0.3) is 0 Å². The van der Waals surface area contributed by atoms with Gasteiger partial charge in [-0.1, -0.05) is 30.3 Å². The first kappa shape index (κ1) is 19.9. The van der Waals surface area contributed by atoms with Crippen LogP contribution in [0.4, 0.5) is 5.69 Å².